The molecule has 4 heteroatoms. The molecule has 0 bridgehead atoms. The summed E-state index contributed by atoms with van der Waals surface area (Å²) >= 11 is 0. The van der Waals surface area contributed by atoms with Gasteiger partial charge in [-0.3, -0.25) is 0 Å². The van der Waals surface area contributed by atoms with Crippen molar-refractivity contribution in [3.05, 3.63) is 71.8 Å². The van der Waals surface area contributed by atoms with E-state index in [0.29, 0.717) is 11.1 Å². The van der Waals surface area contributed by atoms with Gasteiger partial charge in [-0.2, -0.15) is 0 Å². The largest absolute Gasteiger partial charge is 1.00 e. The molecule has 0 amide bonds. The van der Waals surface area contributed by atoms with E-state index >= 15 is 0 Å². The van der Waals surface area contributed by atoms with Crippen molar-refractivity contribution in [3.63, 3.8) is 0 Å². The van der Waals surface area contributed by atoms with Gasteiger partial charge in [-0.05, 0) is 25.0 Å². The molecule has 104 valence electrons. The van der Waals surface area contributed by atoms with Crippen LogP contribution in [-0.2, 0) is 15.1 Å². The summed E-state index contributed by atoms with van der Waals surface area (Å²) in [6, 6.07) is 17.8. The molecule has 0 aromatic heterocycles. The molecule has 2 rings (SSSR count). The molecule has 0 heterocycles. The summed E-state index contributed by atoms with van der Waals surface area (Å²) in [5.41, 5.74) is -0.476. The van der Waals surface area contributed by atoms with Gasteiger partial charge in [0.05, 0.1) is 12.1 Å². The average Bonchev–Trinajstić information content (AvgIpc) is 2.46. The van der Waals surface area contributed by atoms with Crippen molar-refractivity contribution in [2.24, 2.45) is 0 Å². The molecule has 0 atom stereocenters. The Bertz CT molecular complexity index is 528. The van der Waals surface area contributed by atoms with E-state index in [9.17, 15) is 9.90 Å². The molecule has 0 fully saturated rings. The Hall–Kier alpha value is -1.53. The third-order valence-corrected chi connectivity index (χ3v) is 3.06. The maximum Gasteiger partial charge on any atom is 1.00 e. The number of benzene rings is 2. The molecule has 0 aliphatic rings. The first kappa shape index (κ1) is 17.5. The molecule has 0 aliphatic carbocycles. The molecular weight excluding hydrogens is 259 g/mol. The van der Waals surface area contributed by atoms with Crippen LogP contribution < -0.4 is 24.0 Å². The molecule has 0 saturated heterocycles. The molecule has 0 unspecified atom stereocenters. The van der Waals surface area contributed by atoms with Crippen LogP contribution >= 0.6 is 0 Å². The SMILES string of the molecule is CC(C)OC(C(=O)[O-])(c1ccccc1)c1ccccc1.[Li+]. The maximum atomic E-state index is 11.9. The van der Waals surface area contributed by atoms with E-state index in [4.69, 9.17) is 4.74 Å². The fourth-order valence-corrected chi connectivity index (χ4v) is 2.29. The number of carboxylic acid groups (broad SMARTS) is 1. The zero-order chi connectivity index (χ0) is 14.6. The van der Waals surface area contributed by atoms with E-state index in [1.54, 1.807) is 48.5 Å². The van der Waals surface area contributed by atoms with E-state index in [1.807, 2.05) is 26.0 Å². The first-order valence-corrected chi connectivity index (χ1v) is 6.57. The van der Waals surface area contributed by atoms with E-state index < -0.39 is 11.6 Å². The number of carbonyl (C=O) groups is 1. The quantitative estimate of drug-likeness (QED) is 0.666. The van der Waals surface area contributed by atoms with Gasteiger partial charge in [0, 0.05) is 0 Å². The van der Waals surface area contributed by atoms with Crippen LogP contribution in [0.5, 0.6) is 0 Å². The predicted molar refractivity (Wildman–Crippen MR) is 74.9 cm³/mol. The Balaban J connectivity index is 0.00000220. The zero-order valence-corrected chi connectivity index (χ0v) is 12.6. The Morgan fingerprint density at radius 1 is 0.952 bits per heavy atom. The van der Waals surface area contributed by atoms with Crippen molar-refractivity contribution in [1.82, 2.24) is 0 Å². The molecule has 0 N–H and O–H groups in total. The van der Waals surface area contributed by atoms with E-state index in [2.05, 4.69) is 0 Å². The van der Waals surface area contributed by atoms with Crippen molar-refractivity contribution in [2.75, 3.05) is 0 Å². The molecule has 3 nitrogen and oxygen atoms in total. The number of ether oxygens (including phenoxy) is 1. The predicted octanol–water partition coefficient (Wildman–Crippen LogP) is -0.891. The van der Waals surface area contributed by atoms with Crippen LogP contribution in [0.4, 0.5) is 0 Å². The Kier molecular flexibility index (Phi) is 6.23. The molecular formula is C17H17LiO3. The van der Waals surface area contributed by atoms with Crippen molar-refractivity contribution < 1.29 is 33.5 Å². The fourth-order valence-electron chi connectivity index (χ4n) is 2.29. The average molecular weight is 276 g/mol. The summed E-state index contributed by atoms with van der Waals surface area (Å²) in [5, 5.41) is 11.9. The van der Waals surface area contributed by atoms with E-state index in [1.165, 1.54) is 0 Å². The van der Waals surface area contributed by atoms with Crippen molar-refractivity contribution in [3.8, 4) is 0 Å². The maximum absolute atomic E-state index is 11.9. The van der Waals surface area contributed by atoms with Crippen LogP contribution in [0.25, 0.3) is 0 Å². The minimum Gasteiger partial charge on any atom is -0.546 e. The molecule has 0 aliphatic heterocycles. The van der Waals surface area contributed by atoms with Crippen LogP contribution in [-0.4, -0.2) is 12.1 Å². The number of aliphatic carboxylic acids is 1. The summed E-state index contributed by atoms with van der Waals surface area (Å²) in [6.07, 6.45) is -0.256. The topological polar surface area (TPSA) is 49.4 Å². The Labute approximate surface area is 137 Å². The summed E-state index contributed by atoms with van der Waals surface area (Å²) in [5.74, 6) is -1.26. The van der Waals surface area contributed by atoms with Crippen LogP contribution in [0.3, 0.4) is 0 Å². The first-order chi connectivity index (χ1) is 9.57. The van der Waals surface area contributed by atoms with Gasteiger partial charge in [0.2, 0.25) is 0 Å². The molecule has 21 heavy (non-hydrogen) atoms. The first-order valence-electron chi connectivity index (χ1n) is 6.57. The second-order valence-corrected chi connectivity index (χ2v) is 4.87. The summed E-state index contributed by atoms with van der Waals surface area (Å²) < 4.78 is 5.81. The molecule has 0 spiro atoms. The number of carbonyl (C=O) groups excluding carboxylic acids is 1. The third-order valence-electron chi connectivity index (χ3n) is 3.06. The smallest absolute Gasteiger partial charge is 0.546 e. The monoisotopic (exact) mass is 276 g/mol. The number of carboxylic acids is 1. The van der Waals surface area contributed by atoms with Crippen LogP contribution in [0.1, 0.15) is 25.0 Å². The van der Waals surface area contributed by atoms with Gasteiger partial charge in [-0.1, -0.05) is 60.7 Å². The van der Waals surface area contributed by atoms with Gasteiger partial charge in [-0.25, -0.2) is 0 Å². The standard InChI is InChI=1S/C17H18O3.Li/c1-13(2)20-17(16(18)19,14-9-5-3-6-10-14)15-11-7-4-8-12-15;/h3-13H,1-2H3,(H,18,19);/q;+1/p-1. The van der Waals surface area contributed by atoms with Gasteiger partial charge < -0.3 is 14.6 Å². The van der Waals surface area contributed by atoms with Crippen LogP contribution in [0.2, 0.25) is 0 Å². The van der Waals surface area contributed by atoms with Crippen molar-refractivity contribution >= 4 is 5.97 Å². The van der Waals surface area contributed by atoms with Gasteiger partial charge in [-0.15, -0.1) is 0 Å². The molecule has 0 radical (unpaired) electrons. The molecule has 2 aromatic rings. The third kappa shape index (κ3) is 3.57. The number of hydrogen-bond acceptors (Lipinski definition) is 3. The van der Waals surface area contributed by atoms with E-state index in [0.717, 1.165) is 0 Å². The second kappa shape index (κ2) is 7.47. The fraction of sp³-hybridized carbons (Fsp3) is 0.235. The summed E-state index contributed by atoms with van der Waals surface area (Å²) in [4.78, 5) is 11.9. The normalized spacial score (nSPS) is 11.0. The van der Waals surface area contributed by atoms with E-state index in [-0.39, 0.29) is 25.0 Å². The summed E-state index contributed by atoms with van der Waals surface area (Å²) in [7, 11) is 0. The molecule has 2 aromatic carbocycles. The number of hydrogen-bond donors (Lipinski definition) is 0. The Morgan fingerprint density at radius 2 is 1.33 bits per heavy atom. The summed E-state index contributed by atoms with van der Waals surface area (Å²) in [6.45, 7) is 3.62. The zero-order valence-electron chi connectivity index (χ0n) is 12.6. The van der Waals surface area contributed by atoms with Crippen LogP contribution in [0, 0.1) is 0 Å². The van der Waals surface area contributed by atoms with Crippen molar-refractivity contribution in [2.45, 2.75) is 25.6 Å². The molecule has 0 saturated carbocycles. The van der Waals surface area contributed by atoms with Gasteiger partial charge in [0.25, 0.3) is 0 Å². The minimum atomic E-state index is -1.59. The van der Waals surface area contributed by atoms with Gasteiger partial charge in [0.1, 0.15) is 0 Å². The Morgan fingerprint density at radius 3 is 1.62 bits per heavy atom. The number of rotatable bonds is 5. The van der Waals surface area contributed by atoms with Gasteiger partial charge in [0.15, 0.2) is 5.60 Å². The van der Waals surface area contributed by atoms with Gasteiger partial charge >= 0.3 is 18.9 Å². The second-order valence-electron chi connectivity index (χ2n) is 4.87. The van der Waals surface area contributed by atoms with Crippen LogP contribution in [0.15, 0.2) is 60.7 Å². The van der Waals surface area contributed by atoms with Crippen molar-refractivity contribution in [1.29, 1.82) is 0 Å². The minimum absolute atomic E-state index is 0.